The van der Waals surface area contributed by atoms with E-state index in [1.54, 1.807) is 6.07 Å². The van der Waals surface area contributed by atoms with Gasteiger partial charge in [0.05, 0.1) is 11.0 Å². The third-order valence-electron chi connectivity index (χ3n) is 5.06. The van der Waals surface area contributed by atoms with Crippen LogP contribution in [0.5, 0.6) is 5.75 Å². The molecule has 1 aliphatic rings. The number of carbonyl (C=O) groups is 1. The zero-order valence-corrected chi connectivity index (χ0v) is 17.1. The minimum atomic E-state index is -4.10. The van der Waals surface area contributed by atoms with Crippen molar-refractivity contribution in [3.63, 3.8) is 0 Å². The van der Waals surface area contributed by atoms with Crippen LogP contribution in [0.15, 0.2) is 47.4 Å². The minimum absolute atomic E-state index is 0.0818. The summed E-state index contributed by atoms with van der Waals surface area (Å²) in [5, 5.41) is 18.8. The highest BCUT2D eigenvalue weighted by molar-refractivity contribution is 7.89. The molecule has 3 rings (SSSR count). The molecule has 2 unspecified atom stereocenters. The van der Waals surface area contributed by atoms with Crippen LogP contribution in [0, 0.1) is 12.7 Å². The number of hydrogen-bond donors (Lipinski definition) is 3. The lowest BCUT2D eigenvalue weighted by Crippen LogP contribution is -2.54. The Hall–Kier alpha value is -2.53. The zero-order valence-electron chi connectivity index (χ0n) is 16.3. The van der Waals surface area contributed by atoms with Crippen LogP contribution in [0.25, 0.3) is 0 Å². The number of aliphatic hydroxyl groups excluding tert-OH is 1. The van der Waals surface area contributed by atoms with Crippen LogP contribution in [0.4, 0.5) is 4.39 Å². The summed E-state index contributed by atoms with van der Waals surface area (Å²) in [6.07, 6.45) is -0.572. The van der Waals surface area contributed by atoms with E-state index in [1.165, 1.54) is 41.9 Å². The Labute approximate surface area is 173 Å². The summed E-state index contributed by atoms with van der Waals surface area (Å²) in [5.41, 5.74) is 3.02. The highest BCUT2D eigenvalue weighted by atomic mass is 32.2. The molecular formula is C20H23FN2O6S. The molecule has 0 aromatic heterocycles. The van der Waals surface area contributed by atoms with E-state index < -0.39 is 28.1 Å². The molecule has 0 aliphatic carbocycles. The Kier molecular flexibility index (Phi) is 6.71. The number of aryl methyl sites for hydroxylation is 1. The number of aliphatic hydroxyl groups is 1. The number of hydrogen-bond acceptors (Lipinski definition) is 6. The van der Waals surface area contributed by atoms with E-state index in [-0.39, 0.29) is 36.7 Å². The van der Waals surface area contributed by atoms with Gasteiger partial charge in [0.2, 0.25) is 10.0 Å². The molecule has 2 aromatic rings. The first-order chi connectivity index (χ1) is 14.2. The number of benzene rings is 2. The number of nitrogens with zero attached hydrogens (tertiary/aromatic N) is 1. The second-order valence-electron chi connectivity index (χ2n) is 7.13. The summed E-state index contributed by atoms with van der Waals surface area (Å²) >= 11 is 0. The molecule has 1 fully saturated rings. The fraction of sp³-hybridized carbons (Fsp3) is 0.350. The number of halogens is 1. The van der Waals surface area contributed by atoms with Crippen molar-refractivity contribution in [2.24, 2.45) is 0 Å². The monoisotopic (exact) mass is 438 g/mol. The van der Waals surface area contributed by atoms with Crippen molar-refractivity contribution in [1.82, 2.24) is 9.79 Å². The molecule has 1 heterocycles. The molecule has 0 spiro atoms. The van der Waals surface area contributed by atoms with Crippen molar-refractivity contribution < 1.29 is 32.7 Å². The highest BCUT2D eigenvalue weighted by Gasteiger charge is 2.40. The van der Waals surface area contributed by atoms with Gasteiger partial charge < -0.3 is 9.84 Å². The van der Waals surface area contributed by atoms with E-state index in [2.05, 4.69) is 0 Å². The predicted molar refractivity (Wildman–Crippen MR) is 105 cm³/mol. The van der Waals surface area contributed by atoms with Gasteiger partial charge in [-0.2, -0.15) is 4.31 Å². The first-order valence-electron chi connectivity index (χ1n) is 9.34. The number of sulfonamides is 1. The van der Waals surface area contributed by atoms with Gasteiger partial charge in [0.25, 0.3) is 5.91 Å². The van der Waals surface area contributed by atoms with Gasteiger partial charge in [-0.3, -0.25) is 10.0 Å². The van der Waals surface area contributed by atoms with Crippen molar-refractivity contribution in [2.75, 3.05) is 6.54 Å². The van der Waals surface area contributed by atoms with Crippen molar-refractivity contribution >= 4 is 15.9 Å². The number of carbonyl (C=O) groups excluding carboxylic acids is 1. The van der Waals surface area contributed by atoms with E-state index in [1.807, 2.05) is 6.92 Å². The quantitative estimate of drug-likeness (QED) is 0.467. The summed E-state index contributed by atoms with van der Waals surface area (Å²) in [6.45, 7) is 1.70. The van der Waals surface area contributed by atoms with Crippen LogP contribution < -0.4 is 10.2 Å². The minimum Gasteiger partial charge on any atom is -0.489 e. The second-order valence-corrected chi connectivity index (χ2v) is 9.02. The Morgan fingerprint density at radius 3 is 2.60 bits per heavy atom. The molecule has 30 heavy (non-hydrogen) atoms. The third kappa shape index (κ3) is 4.78. The number of hydroxylamine groups is 1. The Bertz CT molecular complexity index is 1010. The van der Waals surface area contributed by atoms with Crippen molar-refractivity contribution in [2.45, 2.75) is 43.4 Å². The molecule has 0 saturated carbocycles. The van der Waals surface area contributed by atoms with E-state index in [9.17, 15) is 22.7 Å². The number of ether oxygens (including phenoxy) is 1. The number of rotatable bonds is 6. The molecule has 2 atom stereocenters. The molecular weight excluding hydrogens is 415 g/mol. The van der Waals surface area contributed by atoms with Gasteiger partial charge in [0.1, 0.15) is 24.2 Å². The summed E-state index contributed by atoms with van der Waals surface area (Å²) < 4.78 is 45.9. The first-order valence-corrected chi connectivity index (χ1v) is 10.8. The van der Waals surface area contributed by atoms with Crippen LogP contribution in [0.3, 0.4) is 0 Å². The van der Waals surface area contributed by atoms with E-state index in [4.69, 9.17) is 9.94 Å². The topological polar surface area (TPSA) is 116 Å². The molecule has 0 bridgehead atoms. The van der Waals surface area contributed by atoms with Crippen molar-refractivity contribution in [3.05, 3.63) is 59.4 Å². The molecule has 10 heteroatoms. The van der Waals surface area contributed by atoms with Crippen LogP contribution in [-0.2, 0) is 21.4 Å². The molecule has 1 saturated heterocycles. The highest BCUT2D eigenvalue weighted by Crippen LogP contribution is 2.27. The van der Waals surface area contributed by atoms with E-state index in [0.29, 0.717) is 11.3 Å². The average molecular weight is 438 g/mol. The van der Waals surface area contributed by atoms with Gasteiger partial charge in [-0.05, 0) is 67.3 Å². The summed E-state index contributed by atoms with van der Waals surface area (Å²) in [4.78, 5) is 11.8. The summed E-state index contributed by atoms with van der Waals surface area (Å²) in [7, 11) is -4.10. The van der Waals surface area contributed by atoms with Gasteiger partial charge in [0.15, 0.2) is 0 Å². The van der Waals surface area contributed by atoms with Gasteiger partial charge in [-0.25, -0.2) is 18.3 Å². The maximum absolute atomic E-state index is 13.4. The number of nitrogens with one attached hydrogen (secondary N) is 1. The predicted octanol–water partition coefficient (Wildman–Crippen LogP) is 1.73. The van der Waals surface area contributed by atoms with Gasteiger partial charge in [-0.15, -0.1) is 0 Å². The number of β-amino-alcohol motifs (C(OH)–C–C–N with tert-alkyl or cyclic N) is 1. The lowest BCUT2D eigenvalue weighted by Gasteiger charge is -2.35. The lowest BCUT2D eigenvalue weighted by molar-refractivity contribution is -0.135. The van der Waals surface area contributed by atoms with Crippen molar-refractivity contribution in [3.8, 4) is 5.75 Å². The zero-order chi connectivity index (χ0) is 21.9. The van der Waals surface area contributed by atoms with Gasteiger partial charge >= 0.3 is 0 Å². The SMILES string of the molecule is Cc1ccc(F)cc1COc1ccc(S(=O)(=O)N2CC(O)CCC2C(=O)NO)cc1. The number of piperidine rings is 1. The van der Waals surface area contributed by atoms with Crippen LogP contribution in [0.2, 0.25) is 0 Å². The number of amides is 1. The summed E-state index contributed by atoms with van der Waals surface area (Å²) in [5.74, 6) is -0.831. The molecule has 3 N–H and O–H groups in total. The largest absolute Gasteiger partial charge is 0.489 e. The van der Waals surface area contributed by atoms with Crippen molar-refractivity contribution in [1.29, 1.82) is 0 Å². The van der Waals surface area contributed by atoms with Crippen LogP contribution in [0.1, 0.15) is 24.0 Å². The first kappa shape index (κ1) is 22.2. The molecule has 162 valence electrons. The maximum atomic E-state index is 13.4. The Morgan fingerprint density at radius 2 is 1.93 bits per heavy atom. The molecule has 1 amide bonds. The molecule has 0 radical (unpaired) electrons. The van der Waals surface area contributed by atoms with Gasteiger partial charge in [-0.1, -0.05) is 6.07 Å². The average Bonchev–Trinajstić information content (AvgIpc) is 2.74. The Balaban J connectivity index is 1.76. The van der Waals surface area contributed by atoms with Crippen LogP contribution in [-0.4, -0.2) is 47.6 Å². The fourth-order valence-electron chi connectivity index (χ4n) is 3.32. The standard InChI is InChI=1S/C20H23FN2O6S/c1-13-2-3-15(21)10-14(13)12-29-17-5-7-18(8-6-17)30(27,28)23-11-16(24)4-9-19(23)20(25)22-26/h2-3,5-8,10,16,19,24,26H,4,9,11-12H2,1H3,(H,22,25). The second kappa shape index (κ2) is 9.09. The summed E-state index contributed by atoms with van der Waals surface area (Å²) in [6, 6.07) is 8.86. The fourth-order valence-corrected chi connectivity index (χ4v) is 4.98. The third-order valence-corrected chi connectivity index (χ3v) is 6.95. The Morgan fingerprint density at radius 1 is 1.23 bits per heavy atom. The smallest absolute Gasteiger partial charge is 0.261 e. The van der Waals surface area contributed by atoms with E-state index >= 15 is 0 Å². The van der Waals surface area contributed by atoms with Crippen LogP contribution >= 0.6 is 0 Å². The van der Waals surface area contributed by atoms with Gasteiger partial charge in [0, 0.05) is 6.54 Å². The molecule has 1 aliphatic heterocycles. The molecule has 8 nitrogen and oxygen atoms in total. The molecule has 2 aromatic carbocycles. The van der Waals surface area contributed by atoms with E-state index in [0.717, 1.165) is 9.87 Å². The normalized spacial score (nSPS) is 20.0. The lowest BCUT2D eigenvalue weighted by atomic mass is 10.0. The maximum Gasteiger partial charge on any atom is 0.261 e.